The van der Waals surface area contributed by atoms with Crippen LogP contribution in [0.2, 0.25) is 19.6 Å². The van der Waals surface area contributed by atoms with Crippen LogP contribution >= 0.6 is 15.9 Å². The van der Waals surface area contributed by atoms with E-state index in [0.29, 0.717) is 5.75 Å². The Morgan fingerprint density at radius 3 is 2.46 bits per heavy atom. The minimum atomic E-state index is -1.71. The lowest BCUT2D eigenvalue weighted by molar-refractivity contribution is 0.495. The van der Waals surface area contributed by atoms with Gasteiger partial charge in [0.2, 0.25) is 8.32 Å². The van der Waals surface area contributed by atoms with Gasteiger partial charge in [-0.25, -0.2) is 4.39 Å². The van der Waals surface area contributed by atoms with Gasteiger partial charge in [0.15, 0.2) is 5.82 Å². The van der Waals surface area contributed by atoms with Crippen LogP contribution in [-0.2, 0) is 0 Å². The summed E-state index contributed by atoms with van der Waals surface area (Å²) in [6.45, 7) is 6.06. The van der Waals surface area contributed by atoms with E-state index in [1.54, 1.807) is 12.1 Å². The maximum absolute atomic E-state index is 13.2. The van der Waals surface area contributed by atoms with Crippen LogP contribution < -0.4 is 4.43 Å². The molecule has 0 N–H and O–H groups in total. The van der Waals surface area contributed by atoms with Crippen LogP contribution in [0.25, 0.3) is 0 Å². The highest BCUT2D eigenvalue weighted by molar-refractivity contribution is 9.10. The Hall–Kier alpha value is -0.353. The molecule has 0 atom stereocenters. The molecule has 1 aromatic carbocycles. The maximum Gasteiger partial charge on any atom is 0.242 e. The molecule has 0 aromatic heterocycles. The Morgan fingerprint density at radius 2 is 1.92 bits per heavy atom. The molecule has 0 saturated carbocycles. The zero-order valence-electron chi connectivity index (χ0n) is 7.90. The maximum atomic E-state index is 13.2. The second-order valence-corrected chi connectivity index (χ2v) is 9.13. The molecule has 4 heteroatoms. The van der Waals surface area contributed by atoms with Gasteiger partial charge in [0.25, 0.3) is 0 Å². The molecule has 0 unspecified atom stereocenters. The van der Waals surface area contributed by atoms with Gasteiger partial charge in [0.05, 0.1) is 0 Å². The topological polar surface area (TPSA) is 9.23 Å². The molecule has 0 aliphatic heterocycles. The Morgan fingerprint density at radius 1 is 1.31 bits per heavy atom. The summed E-state index contributed by atoms with van der Waals surface area (Å²) in [5.74, 6) is 0.0409. The average molecular weight is 263 g/mol. The molecule has 0 heterocycles. The van der Waals surface area contributed by atoms with Crippen molar-refractivity contribution >= 4 is 24.2 Å². The Kier molecular flexibility index (Phi) is 3.13. The van der Waals surface area contributed by atoms with E-state index >= 15 is 0 Å². The van der Waals surface area contributed by atoms with Crippen molar-refractivity contribution < 1.29 is 8.82 Å². The van der Waals surface area contributed by atoms with E-state index < -0.39 is 8.32 Å². The first-order valence-corrected chi connectivity index (χ1v) is 8.23. The van der Waals surface area contributed by atoms with Crippen LogP contribution in [0.3, 0.4) is 0 Å². The zero-order valence-corrected chi connectivity index (χ0v) is 10.5. The summed E-state index contributed by atoms with van der Waals surface area (Å²) in [5, 5.41) is 0. The highest BCUT2D eigenvalue weighted by Gasteiger charge is 2.18. The van der Waals surface area contributed by atoms with Gasteiger partial charge in [-0.3, -0.25) is 0 Å². The van der Waals surface area contributed by atoms with Crippen molar-refractivity contribution in [3.8, 4) is 5.75 Å². The number of halogens is 2. The van der Waals surface area contributed by atoms with Crippen LogP contribution in [0.5, 0.6) is 5.75 Å². The Labute approximate surface area is 87.2 Å². The van der Waals surface area contributed by atoms with Crippen molar-refractivity contribution in [1.82, 2.24) is 0 Å². The minimum Gasteiger partial charge on any atom is -0.542 e. The number of hydrogen-bond donors (Lipinski definition) is 0. The van der Waals surface area contributed by atoms with Crippen LogP contribution in [-0.4, -0.2) is 8.32 Å². The number of hydrogen-bond acceptors (Lipinski definition) is 1. The van der Waals surface area contributed by atoms with E-state index in [2.05, 4.69) is 15.9 Å². The van der Waals surface area contributed by atoms with E-state index in [1.165, 1.54) is 6.07 Å². The third-order valence-corrected chi connectivity index (χ3v) is 2.63. The van der Waals surface area contributed by atoms with E-state index in [0.717, 1.165) is 4.47 Å². The van der Waals surface area contributed by atoms with Crippen LogP contribution in [0.4, 0.5) is 4.39 Å². The molecule has 0 spiro atoms. The molecule has 0 fully saturated rings. The standard InChI is InChI=1S/C9H12BrFOSi/c1-13(2,3)12-9-6-7(10)4-5-8(9)11/h4-6H,1-3H3. The summed E-state index contributed by atoms with van der Waals surface area (Å²) >= 11 is 3.27. The van der Waals surface area contributed by atoms with E-state index in [-0.39, 0.29) is 5.82 Å². The fourth-order valence-electron chi connectivity index (χ4n) is 0.885. The van der Waals surface area contributed by atoms with Crippen molar-refractivity contribution in [3.05, 3.63) is 28.5 Å². The summed E-state index contributed by atoms with van der Waals surface area (Å²) in [5.41, 5.74) is 0. The number of benzene rings is 1. The molecule has 0 aliphatic rings. The molecule has 0 amide bonds. The second kappa shape index (κ2) is 3.80. The minimum absolute atomic E-state index is 0.300. The van der Waals surface area contributed by atoms with Gasteiger partial charge in [-0.05, 0) is 37.8 Å². The van der Waals surface area contributed by atoms with Gasteiger partial charge in [-0.1, -0.05) is 15.9 Å². The normalized spacial score (nSPS) is 11.5. The van der Waals surface area contributed by atoms with E-state index in [9.17, 15) is 4.39 Å². The smallest absolute Gasteiger partial charge is 0.242 e. The second-order valence-electron chi connectivity index (χ2n) is 3.79. The molecular formula is C9H12BrFOSi. The predicted octanol–water partition coefficient (Wildman–Crippen LogP) is 3.80. The summed E-state index contributed by atoms with van der Waals surface area (Å²) in [6.07, 6.45) is 0. The lowest BCUT2D eigenvalue weighted by atomic mass is 10.3. The Balaban J connectivity index is 2.94. The third-order valence-electron chi connectivity index (χ3n) is 1.31. The Bertz CT molecular complexity index is 309. The van der Waals surface area contributed by atoms with Crippen molar-refractivity contribution in [3.63, 3.8) is 0 Å². The van der Waals surface area contributed by atoms with Crippen LogP contribution in [0.1, 0.15) is 0 Å². The molecule has 1 nitrogen and oxygen atoms in total. The fourth-order valence-corrected chi connectivity index (χ4v) is 2.04. The first kappa shape index (κ1) is 10.7. The van der Waals surface area contributed by atoms with E-state index in [4.69, 9.17) is 4.43 Å². The summed E-state index contributed by atoms with van der Waals surface area (Å²) in [7, 11) is -1.71. The highest BCUT2D eigenvalue weighted by Crippen LogP contribution is 2.24. The average Bonchev–Trinajstić information content (AvgIpc) is 1.94. The quantitative estimate of drug-likeness (QED) is 0.737. The van der Waals surface area contributed by atoms with E-state index in [1.807, 2.05) is 19.6 Å². The molecule has 72 valence electrons. The third kappa shape index (κ3) is 3.48. The molecule has 0 saturated heterocycles. The summed E-state index contributed by atoms with van der Waals surface area (Å²) in [6, 6.07) is 4.72. The summed E-state index contributed by atoms with van der Waals surface area (Å²) < 4.78 is 19.6. The lowest BCUT2D eigenvalue weighted by Gasteiger charge is -2.19. The largest absolute Gasteiger partial charge is 0.542 e. The fraction of sp³-hybridized carbons (Fsp3) is 0.333. The molecule has 0 radical (unpaired) electrons. The van der Waals surface area contributed by atoms with Crippen molar-refractivity contribution in [2.45, 2.75) is 19.6 Å². The number of rotatable bonds is 2. The van der Waals surface area contributed by atoms with Crippen LogP contribution in [0.15, 0.2) is 22.7 Å². The van der Waals surface area contributed by atoms with Gasteiger partial charge in [-0.15, -0.1) is 0 Å². The van der Waals surface area contributed by atoms with Gasteiger partial charge in [0, 0.05) is 4.47 Å². The lowest BCUT2D eigenvalue weighted by Crippen LogP contribution is -2.29. The van der Waals surface area contributed by atoms with Gasteiger partial charge in [-0.2, -0.15) is 0 Å². The van der Waals surface area contributed by atoms with Gasteiger partial charge >= 0.3 is 0 Å². The van der Waals surface area contributed by atoms with Gasteiger partial charge in [0.1, 0.15) is 5.75 Å². The van der Waals surface area contributed by atoms with Crippen molar-refractivity contribution in [2.75, 3.05) is 0 Å². The monoisotopic (exact) mass is 262 g/mol. The molecule has 0 bridgehead atoms. The van der Waals surface area contributed by atoms with Crippen molar-refractivity contribution in [1.29, 1.82) is 0 Å². The molecule has 0 aliphatic carbocycles. The van der Waals surface area contributed by atoms with Crippen molar-refractivity contribution in [2.24, 2.45) is 0 Å². The predicted molar refractivity (Wildman–Crippen MR) is 58.1 cm³/mol. The van der Waals surface area contributed by atoms with Gasteiger partial charge < -0.3 is 4.43 Å². The molecule has 13 heavy (non-hydrogen) atoms. The van der Waals surface area contributed by atoms with Crippen LogP contribution in [0, 0.1) is 5.82 Å². The SMILES string of the molecule is C[Si](C)(C)Oc1cc(Br)ccc1F. The molecular weight excluding hydrogens is 251 g/mol. The highest BCUT2D eigenvalue weighted by atomic mass is 79.9. The first-order chi connectivity index (χ1) is 5.88. The summed E-state index contributed by atoms with van der Waals surface area (Å²) in [4.78, 5) is 0. The molecule has 1 rings (SSSR count). The molecule has 1 aromatic rings. The zero-order chi connectivity index (χ0) is 10.1. The first-order valence-electron chi connectivity index (χ1n) is 4.02.